The third-order valence-electron chi connectivity index (χ3n) is 2.17. The molecule has 0 aliphatic carbocycles. The Morgan fingerprint density at radius 3 is 2.60 bits per heavy atom. The van der Waals surface area contributed by atoms with Crippen molar-refractivity contribution in [3.8, 4) is 5.75 Å². The molecule has 0 radical (unpaired) electrons. The molecular formula is C10H14N2O3. The molecular weight excluding hydrogens is 196 g/mol. The first-order valence-electron chi connectivity index (χ1n) is 4.49. The molecule has 0 aromatic heterocycles. The van der Waals surface area contributed by atoms with Crippen LogP contribution in [0.1, 0.15) is 27.5 Å². The quantitative estimate of drug-likeness (QED) is 0.575. The van der Waals surface area contributed by atoms with E-state index in [2.05, 4.69) is 0 Å². The summed E-state index contributed by atoms with van der Waals surface area (Å²) in [6.45, 7) is 1.88. The second kappa shape index (κ2) is 4.29. The Kier molecular flexibility index (Phi) is 3.28. The van der Waals surface area contributed by atoms with Gasteiger partial charge in [0.1, 0.15) is 11.3 Å². The maximum absolute atomic E-state index is 10.8. The molecule has 0 bridgehead atoms. The molecule has 0 heterocycles. The summed E-state index contributed by atoms with van der Waals surface area (Å²) in [4.78, 5) is 10.8. The minimum atomic E-state index is -1.18. The smallest absolute Gasteiger partial charge is 0.339 e. The third kappa shape index (κ3) is 2.26. The predicted octanol–water partition coefficient (Wildman–Crippen LogP) is 0.357. The second-order valence-corrected chi connectivity index (χ2v) is 3.40. The van der Waals surface area contributed by atoms with Crippen LogP contribution in [0.2, 0.25) is 0 Å². The lowest BCUT2D eigenvalue weighted by Crippen LogP contribution is -2.21. The molecule has 0 aliphatic heterocycles. The normalized spacial score (nSPS) is 12.5. The molecule has 82 valence electrons. The summed E-state index contributed by atoms with van der Waals surface area (Å²) in [6.07, 6.45) is 0. The number of carboxylic acid groups (broad SMARTS) is 1. The minimum Gasteiger partial charge on any atom is -0.507 e. The molecule has 1 aromatic rings. The van der Waals surface area contributed by atoms with Gasteiger partial charge in [-0.05, 0) is 18.6 Å². The van der Waals surface area contributed by atoms with Crippen LogP contribution in [0.4, 0.5) is 0 Å². The number of rotatable bonds is 3. The van der Waals surface area contributed by atoms with E-state index in [1.165, 1.54) is 6.07 Å². The van der Waals surface area contributed by atoms with Crippen LogP contribution in [-0.4, -0.2) is 22.7 Å². The molecule has 0 fully saturated rings. The number of phenols is 1. The van der Waals surface area contributed by atoms with E-state index in [-0.39, 0.29) is 17.9 Å². The van der Waals surface area contributed by atoms with Crippen LogP contribution in [0.5, 0.6) is 5.75 Å². The number of aryl methyl sites for hydroxylation is 1. The van der Waals surface area contributed by atoms with Gasteiger partial charge in [0, 0.05) is 18.2 Å². The Balaban J connectivity index is 3.34. The number of aromatic hydroxyl groups is 1. The molecule has 5 heteroatoms. The van der Waals surface area contributed by atoms with E-state index in [1.54, 1.807) is 13.0 Å². The van der Waals surface area contributed by atoms with Gasteiger partial charge in [0.25, 0.3) is 0 Å². The van der Waals surface area contributed by atoms with Crippen molar-refractivity contribution in [2.75, 3.05) is 6.54 Å². The van der Waals surface area contributed by atoms with Gasteiger partial charge in [-0.3, -0.25) is 0 Å². The van der Waals surface area contributed by atoms with Gasteiger partial charge in [0.2, 0.25) is 0 Å². The Bertz CT molecular complexity index is 390. The van der Waals surface area contributed by atoms with Crippen molar-refractivity contribution in [2.24, 2.45) is 11.5 Å². The zero-order chi connectivity index (χ0) is 11.6. The lowest BCUT2D eigenvalue weighted by atomic mass is 9.99. The van der Waals surface area contributed by atoms with E-state index in [0.29, 0.717) is 5.56 Å². The van der Waals surface area contributed by atoms with Crippen molar-refractivity contribution < 1.29 is 15.0 Å². The molecule has 6 N–H and O–H groups in total. The van der Waals surface area contributed by atoms with Gasteiger partial charge in [-0.2, -0.15) is 0 Å². The predicted molar refractivity (Wildman–Crippen MR) is 55.8 cm³/mol. The number of hydrogen-bond donors (Lipinski definition) is 4. The molecule has 1 rings (SSSR count). The topological polar surface area (TPSA) is 110 Å². The molecule has 0 amide bonds. The number of nitrogens with two attached hydrogens (primary N) is 2. The molecule has 15 heavy (non-hydrogen) atoms. The molecule has 0 aliphatic rings. The van der Waals surface area contributed by atoms with E-state index in [9.17, 15) is 9.90 Å². The average Bonchev–Trinajstić information content (AvgIpc) is 2.19. The Labute approximate surface area is 87.3 Å². The van der Waals surface area contributed by atoms with E-state index >= 15 is 0 Å². The van der Waals surface area contributed by atoms with Gasteiger partial charge in [0.15, 0.2) is 0 Å². The first-order chi connectivity index (χ1) is 6.97. The highest BCUT2D eigenvalue weighted by molar-refractivity contribution is 5.91. The van der Waals surface area contributed by atoms with E-state index in [1.807, 2.05) is 0 Å². The van der Waals surface area contributed by atoms with Crippen LogP contribution in [-0.2, 0) is 0 Å². The van der Waals surface area contributed by atoms with Crippen LogP contribution in [0.3, 0.4) is 0 Å². The van der Waals surface area contributed by atoms with Gasteiger partial charge in [0.05, 0.1) is 0 Å². The second-order valence-electron chi connectivity index (χ2n) is 3.40. The first kappa shape index (κ1) is 11.5. The van der Waals surface area contributed by atoms with Gasteiger partial charge < -0.3 is 21.7 Å². The van der Waals surface area contributed by atoms with Crippen LogP contribution >= 0.6 is 0 Å². The van der Waals surface area contributed by atoms with E-state index in [0.717, 1.165) is 5.56 Å². The summed E-state index contributed by atoms with van der Waals surface area (Å²) in [5, 5.41) is 18.5. The highest BCUT2D eigenvalue weighted by Crippen LogP contribution is 2.28. The molecule has 0 spiro atoms. The summed E-state index contributed by atoms with van der Waals surface area (Å²) in [5.41, 5.74) is 12.0. The van der Waals surface area contributed by atoms with E-state index < -0.39 is 12.0 Å². The summed E-state index contributed by atoms with van der Waals surface area (Å²) >= 11 is 0. The zero-order valence-electron chi connectivity index (χ0n) is 8.40. The fraction of sp³-hybridized carbons (Fsp3) is 0.300. The van der Waals surface area contributed by atoms with Crippen molar-refractivity contribution in [3.05, 3.63) is 28.8 Å². The van der Waals surface area contributed by atoms with Gasteiger partial charge in [-0.1, -0.05) is 6.07 Å². The standard InChI is InChI=1S/C10H14N2O3/c1-5-2-6(8(12)4-11)9(13)7(3-5)10(14)15/h2-3,8,13H,4,11-12H2,1H3,(H,14,15)/t8-/m0/s1. The molecule has 5 nitrogen and oxygen atoms in total. The lowest BCUT2D eigenvalue weighted by Gasteiger charge is -2.13. The summed E-state index contributed by atoms with van der Waals surface area (Å²) in [7, 11) is 0. The van der Waals surface area contributed by atoms with Crippen LogP contribution in [0, 0.1) is 6.92 Å². The lowest BCUT2D eigenvalue weighted by molar-refractivity contribution is 0.0693. The van der Waals surface area contributed by atoms with Crippen molar-refractivity contribution in [2.45, 2.75) is 13.0 Å². The molecule has 0 saturated carbocycles. The molecule has 0 saturated heterocycles. The van der Waals surface area contributed by atoms with Crippen LogP contribution in [0.25, 0.3) is 0 Å². The zero-order valence-corrected chi connectivity index (χ0v) is 8.40. The summed E-state index contributed by atoms with van der Waals surface area (Å²) in [6, 6.07) is 2.48. The first-order valence-corrected chi connectivity index (χ1v) is 4.49. The van der Waals surface area contributed by atoms with Gasteiger partial charge >= 0.3 is 5.97 Å². The number of aromatic carboxylic acids is 1. The average molecular weight is 210 g/mol. The summed E-state index contributed by atoms with van der Waals surface area (Å²) in [5.74, 6) is -1.48. The highest BCUT2D eigenvalue weighted by atomic mass is 16.4. The Morgan fingerprint density at radius 1 is 1.53 bits per heavy atom. The SMILES string of the molecule is Cc1cc(C(=O)O)c(O)c([C@@H](N)CN)c1. The van der Waals surface area contributed by atoms with Crippen molar-refractivity contribution in [1.29, 1.82) is 0 Å². The number of carboxylic acids is 1. The van der Waals surface area contributed by atoms with Gasteiger partial charge in [-0.25, -0.2) is 4.79 Å². The maximum Gasteiger partial charge on any atom is 0.339 e. The maximum atomic E-state index is 10.8. The number of benzene rings is 1. The van der Waals surface area contributed by atoms with Crippen molar-refractivity contribution in [3.63, 3.8) is 0 Å². The molecule has 0 unspecified atom stereocenters. The monoisotopic (exact) mass is 210 g/mol. The van der Waals surface area contributed by atoms with Crippen molar-refractivity contribution in [1.82, 2.24) is 0 Å². The highest BCUT2D eigenvalue weighted by Gasteiger charge is 2.17. The number of carbonyl (C=O) groups is 1. The molecule has 1 atom stereocenters. The van der Waals surface area contributed by atoms with Crippen LogP contribution < -0.4 is 11.5 Å². The Hall–Kier alpha value is -1.59. The summed E-state index contributed by atoms with van der Waals surface area (Å²) < 4.78 is 0. The largest absolute Gasteiger partial charge is 0.507 e. The fourth-order valence-corrected chi connectivity index (χ4v) is 1.38. The minimum absolute atomic E-state index is 0.145. The number of hydrogen-bond acceptors (Lipinski definition) is 4. The van der Waals surface area contributed by atoms with Crippen LogP contribution in [0.15, 0.2) is 12.1 Å². The van der Waals surface area contributed by atoms with Gasteiger partial charge in [-0.15, -0.1) is 0 Å². The fourth-order valence-electron chi connectivity index (χ4n) is 1.38. The Morgan fingerprint density at radius 2 is 2.13 bits per heavy atom. The van der Waals surface area contributed by atoms with Crippen molar-refractivity contribution >= 4 is 5.97 Å². The molecule has 1 aromatic carbocycles. The van der Waals surface area contributed by atoms with E-state index in [4.69, 9.17) is 16.6 Å². The third-order valence-corrected chi connectivity index (χ3v) is 2.17.